The Morgan fingerprint density at radius 2 is 1.95 bits per heavy atom. The van der Waals surface area contributed by atoms with Gasteiger partial charge >= 0.3 is 6.18 Å². The highest BCUT2D eigenvalue weighted by Crippen LogP contribution is 2.36. The third-order valence-corrected chi connectivity index (χ3v) is 2.84. The van der Waals surface area contributed by atoms with E-state index in [2.05, 4.69) is 0 Å². The average molecular weight is 312 g/mol. The fourth-order valence-corrected chi connectivity index (χ4v) is 1.82. The second-order valence-electron chi connectivity index (χ2n) is 5.27. The van der Waals surface area contributed by atoms with Crippen LogP contribution in [0.25, 0.3) is 11.3 Å². The van der Waals surface area contributed by atoms with Crippen LogP contribution in [-0.2, 0) is 6.18 Å². The van der Waals surface area contributed by atoms with Gasteiger partial charge in [-0.3, -0.25) is 4.79 Å². The highest BCUT2D eigenvalue weighted by Gasteiger charge is 2.32. The van der Waals surface area contributed by atoms with Crippen LogP contribution in [0.3, 0.4) is 0 Å². The van der Waals surface area contributed by atoms with Crippen LogP contribution in [0.2, 0.25) is 0 Å². The van der Waals surface area contributed by atoms with E-state index in [1.165, 1.54) is 18.2 Å². The van der Waals surface area contributed by atoms with Gasteiger partial charge in [0.1, 0.15) is 11.5 Å². The lowest BCUT2D eigenvalue weighted by Crippen LogP contribution is -2.08. The predicted octanol–water partition coefficient (Wildman–Crippen LogP) is 4.81. The first-order chi connectivity index (χ1) is 10.3. The zero-order valence-corrected chi connectivity index (χ0v) is 12.1. The Hall–Kier alpha value is -2.24. The van der Waals surface area contributed by atoms with Crippen LogP contribution in [0.1, 0.15) is 30.0 Å². The molecular formula is C16H15F3O3. The summed E-state index contributed by atoms with van der Waals surface area (Å²) in [6, 6.07) is 6.23. The third-order valence-electron chi connectivity index (χ3n) is 2.84. The predicted molar refractivity (Wildman–Crippen MR) is 74.9 cm³/mol. The zero-order valence-electron chi connectivity index (χ0n) is 12.1. The Morgan fingerprint density at radius 3 is 2.50 bits per heavy atom. The molecule has 1 aromatic carbocycles. The molecule has 0 bridgehead atoms. The summed E-state index contributed by atoms with van der Waals surface area (Å²) in [5, 5.41) is 0. The van der Waals surface area contributed by atoms with E-state index < -0.39 is 11.7 Å². The molecule has 118 valence electrons. The van der Waals surface area contributed by atoms with Gasteiger partial charge in [0.05, 0.1) is 12.2 Å². The van der Waals surface area contributed by atoms with Crippen molar-refractivity contribution in [1.29, 1.82) is 0 Å². The minimum Gasteiger partial charge on any atom is -0.493 e. The lowest BCUT2D eigenvalue weighted by atomic mass is 10.1. The van der Waals surface area contributed by atoms with Crippen molar-refractivity contribution in [3.05, 3.63) is 41.7 Å². The van der Waals surface area contributed by atoms with Gasteiger partial charge in [0.25, 0.3) is 0 Å². The molecule has 1 aromatic heterocycles. The summed E-state index contributed by atoms with van der Waals surface area (Å²) >= 11 is 0. The Morgan fingerprint density at radius 1 is 1.23 bits per heavy atom. The lowest BCUT2D eigenvalue weighted by molar-refractivity contribution is -0.137. The number of rotatable bonds is 5. The molecule has 6 heteroatoms. The van der Waals surface area contributed by atoms with Crippen LogP contribution < -0.4 is 4.74 Å². The second kappa shape index (κ2) is 6.25. The Labute approximate surface area is 125 Å². The van der Waals surface area contributed by atoms with Crippen molar-refractivity contribution >= 4 is 6.29 Å². The Balaban J connectivity index is 2.43. The third kappa shape index (κ3) is 3.90. The quantitative estimate of drug-likeness (QED) is 0.744. The number of hydrogen-bond donors (Lipinski definition) is 0. The van der Waals surface area contributed by atoms with Crippen molar-refractivity contribution < 1.29 is 27.1 Å². The van der Waals surface area contributed by atoms with Crippen molar-refractivity contribution in [3.63, 3.8) is 0 Å². The number of ether oxygens (including phenoxy) is 1. The number of hydrogen-bond acceptors (Lipinski definition) is 3. The maximum atomic E-state index is 13.0. The minimum absolute atomic E-state index is 0.0528. The van der Waals surface area contributed by atoms with Crippen LogP contribution >= 0.6 is 0 Å². The molecule has 2 rings (SSSR count). The highest BCUT2D eigenvalue weighted by atomic mass is 19.4. The van der Waals surface area contributed by atoms with E-state index in [0.717, 1.165) is 12.1 Å². The van der Waals surface area contributed by atoms with Crippen LogP contribution in [0.15, 0.2) is 34.7 Å². The molecule has 0 saturated carbocycles. The fraction of sp³-hybridized carbons (Fsp3) is 0.312. The van der Waals surface area contributed by atoms with Crippen molar-refractivity contribution in [3.8, 4) is 17.1 Å². The van der Waals surface area contributed by atoms with Crippen molar-refractivity contribution in [2.24, 2.45) is 5.92 Å². The molecular weight excluding hydrogens is 297 g/mol. The van der Waals surface area contributed by atoms with Crippen molar-refractivity contribution in [1.82, 2.24) is 0 Å². The van der Waals surface area contributed by atoms with E-state index in [9.17, 15) is 18.0 Å². The van der Waals surface area contributed by atoms with Crippen LogP contribution in [0.4, 0.5) is 13.2 Å². The molecule has 0 atom stereocenters. The topological polar surface area (TPSA) is 39.4 Å². The molecule has 0 radical (unpaired) electrons. The van der Waals surface area contributed by atoms with Crippen molar-refractivity contribution in [2.45, 2.75) is 20.0 Å². The van der Waals surface area contributed by atoms with Gasteiger partial charge in [0.2, 0.25) is 0 Å². The van der Waals surface area contributed by atoms with Crippen LogP contribution in [0, 0.1) is 5.92 Å². The summed E-state index contributed by atoms with van der Waals surface area (Å²) < 4.78 is 49.5. The second-order valence-corrected chi connectivity index (χ2v) is 5.27. The van der Waals surface area contributed by atoms with Crippen molar-refractivity contribution in [2.75, 3.05) is 6.61 Å². The smallest absolute Gasteiger partial charge is 0.416 e. The summed E-state index contributed by atoms with van der Waals surface area (Å²) in [4.78, 5) is 10.6. The summed E-state index contributed by atoms with van der Waals surface area (Å²) in [6.45, 7) is 4.10. The van der Waals surface area contributed by atoms with Gasteiger partial charge in [0.15, 0.2) is 12.0 Å². The van der Waals surface area contributed by atoms with E-state index in [-0.39, 0.29) is 28.8 Å². The molecule has 0 aliphatic heterocycles. The largest absolute Gasteiger partial charge is 0.493 e. The van der Waals surface area contributed by atoms with Crippen LogP contribution in [-0.4, -0.2) is 12.9 Å². The number of furan rings is 1. The molecule has 3 nitrogen and oxygen atoms in total. The van der Waals surface area contributed by atoms with Gasteiger partial charge in [-0.2, -0.15) is 13.2 Å². The number of benzene rings is 1. The summed E-state index contributed by atoms with van der Waals surface area (Å²) in [5.41, 5.74) is -0.616. The van der Waals surface area contributed by atoms with Gasteiger partial charge in [-0.25, -0.2) is 0 Å². The number of aldehydes is 1. The molecule has 0 amide bonds. The molecule has 0 saturated heterocycles. The summed E-state index contributed by atoms with van der Waals surface area (Å²) in [5.74, 6) is 0.533. The van der Waals surface area contributed by atoms with Gasteiger partial charge < -0.3 is 9.15 Å². The maximum Gasteiger partial charge on any atom is 0.416 e. The van der Waals surface area contributed by atoms with E-state index in [1.54, 1.807) is 0 Å². The number of halogens is 3. The lowest BCUT2D eigenvalue weighted by Gasteiger charge is -2.13. The van der Waals surface area contributed by atoms with Gasteiger partial charge in [-0.05, 0) is 36.2 Å². The first-order valence-electron chi connectivity index (χ1n) is 6.70. The average Bonchev–Trinajstić information content (AvgIpc) is 2.93. The Bertz CT molecular complexity index is 657. The molecule has 1 heterocycles. The molecule has 2 aromatic rings. The number of alkyl halides is 3. The first kappa shape index (κ1) is 16.1. The molecule has 0 aliphatic carbocycles. The molecule has 0 spiro atoms. The first-order valence-corrected chi connectivity index (χ1v) is 6.70. The zero-order chi connectivity index (χ0) is 16.3. The normalized spacial score (nSPS) is 11.7. The number of carbonyl (C=O) groups excluding carboxylic acids is 1. The van der Waals surface area contributed by atoms with E-state index >= 15 is 0 Å². The summed E-state index contributed by atoms with van der Waals surface area (Å²) in [6.07, 6.45) is -4.00. The minimum atomic E-state index is -4.49. The number of carbonyl (C=O) groups is 1. The molecule has 0 N–H and O–H groups in total. The SMILES string of the molecule is CC(C)COc1cc(-c2ccc(C=O)o2)cc(C(F)(F)F)c1. The van der Waals surface area contributed by atoms with Gasteiger partial charge in [-0.15, -0.1) is 0 Å². The van der Waals surface area contributed by atoms with E-state index in [1.807, 2.05) is 13.8 Å². The van der Waals surface area contributed by atoms with Crippen LogP contribution in [0.5, 0.6) is 5.75 Å². The maximum absolute atomic E-state index is 13.0. The Kier molecular flexibility index (Phi) is 4.59. The summed E-state index contributed by atoms with van der Waals surface area (Å²) in [7, 11) is 0. The van der Waals surface area contributed by atoms with Gasteiger partial charge in [-0.1, -0.05) is 13.8 Å². The molecule has 0 aliphatic rings. The molecule has 0 fully saturated rings. The highest BCUT2D eigenvalue weighted by molar-refractivity contribution is 5.73. The standard InChI is InChI=1S/C16H15F3O3/c1-10(2)9-21-14-6-11(5-12(7-14)16(17,18)19)15-4-3-13(8-20)22-15/h3-8,10H,9H2,1-2H3. The van der Waals surface area contributed by atoms with Gasteiger partial charge in [0, 0.05) is 5.56 Å². The molecule has 22 heavy (non-hydrogen) atoms. The molecule has 0 unspecified atom stereocenters. The monoisotopic (exact) mass is 312 g/mol. The fourth-order valence-electron chi connectivity index (χ4n) is 1.82. The van der Waals surface area contributed by atoms with E-state index in [0.29, 0.717) is 12.9 Å². The van der Waals surface area contributed by atoms with E-state index in [4.69, 9.17) is 9.15 Å².